The summed E-state index contributed by atoms with van der Waals surface area (Å²) in [4.78, 5) is 0. The van der Waals surface area contributed by atoms with Crippen molar-refractivity contribution in [2.45, 2.75) is 38.5 Å². The van der Waals surface area contributed by atoms with E-state index in [0.717, 1.165) is 40.7 Å². The highest BCUT2D eigenvalue weighted by Crippen LogP contribution is 2.40. The Morgan fingerprint density at radius 2 is 2.35 bits per heavy atom. The van der Waals surface area contributed by atoms with Crippen LogP contribution < -0.4 is 10.5 Å². The standard InChI is InChI=1S/C15H18BrN3O/c1-2-5-19-9-10(8-18-19)14-7-13(17)12-4-3-11(16)6-15(12)20-14/h3-4,6,8-9,13-14H,2,5,7,17H2,1H3. The molecule has 1 aliphatic rings. The Balaban J connectivity index is 1.86. The van der Waals surface area contributed by atoms with Gasteiger partial charge in [-0.3, -0.25) is 4.68 Å². The molecule has 5 heteroatoms. The molecule has 0 saturated heterocycles. The van der Waals surface area contributed by atoms with E-state index in [1.54, 1.807) is 0 Å². The van der Waals surface area contributed by atoms with Crippen molar-refractivity contribution in [1.29, 1.82) is 0 Å². The number of ether oxygens (including phenoxy) is 1. The summed E-state index contributed by atoms with van der Waals surface area (Å²) in [5.41, 5.74) is 8.44. The lowest BCUT2D eigenvalue weighted by Crippen LogP contribution is -2.23. The molecule has 0 bridgehead atoms. The van der Waals surface area contributed by atoms with Crippen molar-refractivity contribution in [3.63, 3.8) is 0 Å². The zero-order valence-corrected chi connectivity index (χ0v) is 13.0. The summed E-state index contributed by atoms with van der Waals surface area (Å²) < 4.78 is 9.06. The van der Waals surface area contributed by atoms with Crippen LogP contribution in [0.25, 0.3) is 0 Å². The van der Waals surface area contributed by atoms with Crippen LogP contribution in [-0.2, 0) is 6.54 Å². The molecule has 106 valence electrons. The van der Waals surface area contributed by atoms with Gasteiger partial charge in [-0.1, -0.05) is 28.9 Å². The topological polar surface area (TPSA) is 53.1 Å². The van der Waals surface area contributed by atoms with Crippen LogP contribution in [-0.4, -0.2) is 9.78 Å². The zero-order valence-electron chi connectivity index (χ0n) is 11.4. The van der Waals surface area contributed by atoms with E-state index in [2.05, 4.69) is 34.1 Å². The van der Waals surface area contributed by atoms with Gasteiger partial charge < -0.3 is 10.5 Å². The molecule has 1 aromatic carbocycles. The van der Waals surface area contributed by atoms with Gasteiger partial charge >= 0.3 is 0 Å². The van der Waals surface area contributed by atoms with Crippen LogP contribution in [0.5, 0.6) is 5.75 Å². The number of fused-ring (bicyclic) bond motifs is 1. The first kappa shape index (κ1) is 13.6. The van der Waals surface area contributed by atoms with Gasteiger partial charge in [-0.25, -0.2) is 0 Å². The second kappa shape index (κ2) is 5.58. The fraction of sp³-hybridized carbons (Fsp3) is 0.400. The number of aryl methyl sites for hydroxylation is 1. The monoisotopic (exact) mass is 335 g/mol. The molecule has 3 rings (SSSR count). The molecule has 0 saturated carbocycles. The first-order chi connectivity index (χ1) is 9.67. The SMILES string of the molecule is CCCn1cc(C2CC(N)c3ccc(Br)cc3O2)cn1. The lowest BCUT2D eigenvalue weighted by Gasteiger charge is -2.29. The van der Waals surface area contributed by atoms with Crippen molar-refractivity contribution >= 4 is 15.9 Å². The molecule has 4 nitrogen and oxygen atoms in total. The Morgan fingerprint density at radius 3 is 3.15 bits per heavy atom. The fourth-order valence-electron chi connectivity index (χ4n) is 2.58. The number of nitrogens with two attached hydrogens (primary N) is 1. The zero-order chi connectivity index (χ0) is 14.1. The van der Waals surface area contributed by atoms with E-state index in [1.165, 1.54) is 0 Å². The van der Waals surface area contributed by atoms with Gasteiger partial charge in [0, 0.05) is 40.8 Å². The molecular formula is C15H18BrN3O. The van der Waals surface area contributed by atoms with Crippen LogP contribution in [0.3, 0.4) is 0 Å². The van der Waals surface area contributed by atoms with E-state index < -0.39 is 0 Å². The predicted octanol–water partition coefficient (Wildman–Crippen LogP) is 3.58. The van der Waals surface area contributed by atoms with Crippen LogP contribution in [0.1, 0.15) is 43.0 Å². The number of hydrogen-bond donors (Lipinski definition) is 1. The van der Waals surface area contributed by atoms with Crippen molar-refractivity contribution < 1.29 is 4.74 Å². The van der Waals surface area contributed by atoms with E-state index in [0.29, 0.717) is 0 Å². The maximum absolute atomic E-state index is 6.27. The summed E-state index contributed by atoms with van der Waals surface area (Å²) in [6.07, 6.45) is 5.78. The van der Waals surface area contributed by atoms with Crippen molar-refractivity contribution in [2.75, 3.05) is 0 Å². The summed E-state index contributed by atoms with van der Waals surface area (Å²) in [6.45, 7) is 3.07. The minimum absolute atomic E-state index is 0.00590. The number of benzene rings is 1. The third-order valence-electron chi connectivity index (χ3n) is 3.59. The normalized spacial score (nSPS) is 21.4. The van der Waals surface area contributed by atoms with Crippen LogP contribution >= 0.6 is 15.9 Å². The van der Waals surface area contributed by atoms with Gasteiger partial charge in [0.2, 0.25) is 0 Å². The summed E-state index contributed by atoms with van der Waals surface area (Å²) in [5, 5.41) is 4.37. The molecule has 2 unspecified atom stereocenters. The van der Waals surface area contributed by atoms with Gasteiger partial charge in [-0.05, 0) is 18.6 Å². The highest BCUT2D eigenvalue weighted by Gasteiger charge is 2.28. The summed E-state index contributed by atoms with van der Waals surface area (Å²) >= 11 is 3.47. The van der Waals surface area contributed by atoms with Gasteiger partial charge in [0.25, 0.3) is 0 Å². The Bertz CT molecular complexity index is 611. The van der Waals surface area contributed by atoms with Gasteiger partial charge in [0.15, 0.2) is 0 Å². The second-order valence-corrected chi connectivity index (χ2v) is 6.08. The summed E-state index contributed by atoms with van der Waals surface area (Å²) in [7, 11) is 0. The van der Waals surface area contributed by atoms with E-state index in [4.69, 9.17) is 10.5 Å². The van der Waals surface area contributed by atoms with Crippen LogP contribution in [0.4, 0.5) is 0 Å². The maximum atomic E-state index is 6.27. The first-order valence-corrected chi connectivity index (χ1v) is 7.70. The third-order valence-corrected chi connectivity index (χ3v) is 4.08. The molecule has 2 aromatic rings. The Morgan fingerprint density at radius 1 is 1.50 bits per heavy atom. The van der Waals surface area contributed by atoms with Gasteiger partial charge in [-0.2, -0.15) is 5.10 Å². The Hall–Kier alpha value is -1.33. The number of halogens is 1. The van der Waals surface area contributed by atoms with Crippen LogP contribution in [0.15, 0.2) is 35.1 Å². The quantitative estimate of drug-likeness (QED) is 0.932. The summed E-state index contributed by atoms with van der Waals surface area (Å²) in [6, 6.07) is 6.02. The molecule has 2 N–H and O–H groups in total. The molecule has 0 amide bonds. The molecule has 0 fully saturated rings. The van der Waals surface area contributed by atoms with Crippen LogP contribution in [0, 0.1) is 0 Å². The van der Waals surface area contributed by atoms with Crippen molar-refractivity contribution in [3.05, 3.63) is 46.2 Å². The second-order valence-electron chi connectivity index (χ2n) is 5.17. The Kier molecular flexibility index (Phi) is 3.81. The van der Waals surface area contributed by atoms with Gasteiger partial charge in [0.1, 0.15) is 11.9 Å². The molecule has 2 heterocycles. The molecule has 0 spiro atoms. The number of rotatable bonds is 3. The lowest BCUT2D eigenvalue weighted by atomic mass is 9.95. The lowest BCUT2D eigenvalue weighted by molar-refractivity contribution is 0.161. The van der Waals surface area contributed by atoms with E-state index in [1.807, 2.05) is 29.1 Å². The summed E-state index contributed by atoms with van der Waals surface area (Å²) in [5.74, 6) is 0.867. The molecule has 0 radical (unpaired) electrons. The van der Waals surface area contributed by atoms with Crippen molar-refractivity contribution in [2.24, 2.45) is 5.73 Å². The molecule has 1 aliphatic heterocycles. The van der Waals surface area contributed by atoms with E-state index in [9.17, 15) is 0 Å². The number of aromatic nitrogens is 2. The number of nitrogens with zero attached hydrogens (tertiary/aromatic N) is 2. The third kappa shape index (κ3) is 2.60. The van der Waals surface area contributed by atoms with E-state index >= 15 is 0 Å². The number of hydrogen-bond acceptors (Lipinski definition) is 3. The molecule has 1 aromatic heterocycles. The average Bonchev–Trinajstić information content (AvgIpc) is 2.87. The van der Waals surface area contributed by atoms with Gasteiger partial charge in [0.05, 0.1) is 6.20 Å². The Labute approximate surface area is 127 Å². The van der Waals surface area contributed by atoms with Gasteiger partial charge in [-0.15, -0.1) is 0 Å². The van der Waals surface area contributed by atoms with Crippen molar-refractivity contribution in [3.8, 4) is 5.75 Å². The minimum atomic E-state index is -0.0163. The average molecular weight is 336 g/mol. The maximum Gasteiger partial charge on any atom is 0.129 e. The first-order valence-electron chi connectivity index (χ1n) is 6.91. The van der Waals surface area contributed by atoms with Crippen LogP contribution in [0.2, 0.25) is 0 Å². The van der Waals surface area contributed by atoms with E-state index in [-0.39, 0.29) is 12.1 Å². The predicted molar refractivity (Wildman–Crippen MR) is 81.6 cm³/mol. The largest absolute Gasteiger partial charge is 0.485 e. The minimum Gasteiger partial charge on any atom is -0.485 e. The molecule has 0 aliphatic carbocycles. The molecular weight excluding hydrogens is 318 g/mol. The highest BCUT2D eigenvalue weighted by molar-refractivity contribution is 9.10. The fourth-order valence-corrected chi connectivity index (χ4v) is 2.92. The highest BCUT2D eigenvalue weighted by atomic mass is 79.9. The molecule has 20 heavy (non-hydrogen) atoms. The smallest absolute Gasteiger partial charge is 0.129 e. The molecule has 2 atom stereocenters. The van der Waals surface area contributed by atoms with Crippen molar-refractivity contribution in [1.82, 2.24) is 9.78 Å².